The molecule has 9 heterocycles. The Hall–Kier alpha value is -17.2. The first-order chi connectivity index (χ1) is 65.5. The number of nitrogens with zero attached hydrogens (tertiary/aromatic N) is 9. The van der Waals surface area contributed by atoms with Crippen LogP contribution in [0.2, 0.25) is 0 Å². The van der Waals surface area contributed by atoms with Crippen LogP contribution in [-0.4, -0.2) is 43.6 Å². The second-order valence-corrected chi connectivity index (χ2v) is 35.5. The molecule has 0 saturated heterocycles. The highest BCUT2D eigenvalue weighted by atomic mass is 32.1. The Morgan fingerprint density at radius 3 is 1.08 bits per heavy atom. The van der Waals surface area contributed by atoms with E-state index in [1.807, 2.05) is 59.1 Å². The topological polar surface area (TPSA) is 105 Å². The largest absolute Gasteiger partial charge is 0.456 e. The summed E-state index contributed by atoms with van der Waals surface area (Å²) in [4.78, 5) is 31.4. The molecule has 0 atom stereocenters. The molecule has 132 heavy (non-hydrogen) atoms. The van der Waals surface area contributed by atoms with Crippen molar-refractivity contribution in [3.63, 3.8) is 0 Å². The average Bonchev–Trinajstić information content (AvgIpc) is 1.56. The zero-order chi connectivity index (χ0) is 86.9. The minimum atomic E-state index is 0.635. The number of fused-ring (bicyclic) bond motifs is 23. The van der Waals surface area contributed by atoms with Gasteiger partial charge in [-0.2, -0.15) is 0 Å². The van der Waals surface area contributed by atoms with Crippen LogP contribution in [0.5, 0.6) is 0 Å². The third-order valence-electron chi connectivity index (χ3n) is 25.9. The molecule has 0 aliphatic carbocycles. The third kappa shape index (κ3) is 12.7. The Bertz CT molecular complexity index is 9470. The number of furan rings is 1. The van der Waals surface area contributed by atoms with Crippen molar-refractivity contribution < 1.29 is 4.42 Å². The van der Waals surface area contributed by atoms with Crippen molar-refractivity contribution in [1.82, 2.24) is 43.6 Å². The summed E-state index contributed by atoms with van der Waals surface area (Å²) in [6.45, 7) is 0. The van der Waals surface area contributed by atoms with Gasteiger partial charge in [0.1, 0.15) is 11.2 Å². The maximum atomic E-state index is 6.31. The van der Waals surface area contributed by atoms with Gasteiger partial charge in [0.25, 0.3) is 0 Å². The summed E-state index contributed by atoms with van der Waals surface area (Å²) >= 11 is 3.75. The predicted molar refractivity (Wildman–Crippen MR) is 553 cm³/mol. The number of para-hydroxylation sites is 7. The van der Waals surface area contributed by atoms with Gasteiger partial charge < -0.3 is 4.42 Å². The van der Waals surface area contributed by atoms with Crippen LogP contribution in [0.1, 0.15) is 0 Å². The van der Waals surface area contributed by atoms with E-state index in [0.717, 1.165) is 138 Å². The Morgan fingerprint density at radius 2 is 0.545 bits per heavy atom. The molecule has 0 bridgehead atoms. The highest BCUT2D eigenvalue weighted by Gasteiger charge is 2.26. The Kier molecular flexibility index (Phi) is 18.1. The van der Waals surface area contributed by atoms with Crippen LogP contribution in [0.25, 0.3) is 257 Å². The molecule has 9 aromatic heterocycles. The molecule has 0 radical (unpaired) electrons. The van der Waals surface area contributed by atoms with Gasteiger partial charge in [-0.15, -0.1) is 22.7 Å². The number of thiophene rings is 2. The quantitative estimate of drug-likeness (QED) is 0.134. The molecule has 28 rings (SSSR count). The van der Waals surface area contributed by atoms with Gasteiger partial charge in [0.2, 0.25) is 17.8 Å². The fourth-order valence-electron chi connectivity index (χ4n) is 19.8. The maximum Gasteiger partial charge on any atom is 0.235 e. The molecule has 0 saturated carbocycles. The molecule has 0 N–H and O–H groups in total. The van der Waals surface area contributed by atoms with Gasteiger partial charge >= 0.3 is 0 Å². The summed E-state index contributed by atoms with van der Waals surface area (Å²) in [5, 5.41) is 17.7. The number of aromatic nitrogens is 9. The summed E-state index contributed by atoms with van der Waals surface area (Å²) in [7, 11) is 0. The van der Waals surface area contributed by atoms with Gasteiger partial charge in [-0.3, -0.25) is 13.7 Å². The van der Waals surface area contributed by atoms with Crippen LogP contribution >= 0.6 is 22.7 Å². The van der Waals surface area contributed by atoms with Crippen LogP contribution in [-0.2, 0) is 0 Å². The van der Waals surface area contributed by atoms with Gasteiger partial charge in [0.05, 0.1) is 66.7 Å². The van der Waals surface area contributed by atoms with Gasteiger partial charge in [0, 0.05) is 122 Å². The lowest BCUT2D eigenvalue weighted by Crippen LogP contribution is -2.03. The van der Waals surface area contributed by atoms with Gasteiger partial charge in [-0.05, 0) is 117 Å². The van der Waals surface area contributed by atoms with Crippen LogP contribution in [0.15, 0.2) is 447 Å². The van der Waals surface area contributed by atoms with E-state index in [9.17, 15) is 0 Å². The van der Waals surface area contributed by atoms with Crippen molar-refractivity contribution in [2.45, 2.75) is 0 Å². The molecule has 0 fully saturated rings. The highest BCUT2D eigenvalue weighted by molar-refractivity contribution is 7.27. The molecule has 0 amide bonds. The van der Waals surface area contributed by atoms with Crippen molar-refractivity contribution in [3.05, 3.63) is 443 Å². The number of rotatable bonds is 10. The fraction of sp³-hybridized carbons (Fsp3) is 0. The minimum Gasteiger partial charge on any atom is -0.456 e. The van der Waals surface area contributed by atoms with Gasteiger partial charge in [0.15, 0.2) is 0 Å². The predicted octanol–water partition coefficient (Wildman–Crippen LogP) is 32.5. The molecule has 616 valence electrons. The van der Waals surface area contributed by atoms with E-state index < -0.39 is 0 Å². The summed E-state index contributed by atoms with van der Waals surface area (Å²) in [5.74, 6) is 1.99. The summed E-state index contributed by atoms with van der Waals surface area (Å²) in [5.41, 5.74) is 26.6. The van der Waals surface area contributed by atoms with E-state index in [2.05, 4.69) is 420 Å². The molecule has 28 aromatic rings. The molecule has 0 unspecified atom stereocenters. The SMILES string of the molecule is c1ccc(-c2ccc(-c3nc(-n4c5ccccc5c5c6sc7c(-c8ccccc8)cccc7c6ccc54)nc4ccccc34)cc2)cc1.c1ccc(-c2ccc(-c3nc(-n4c5ccccc5c5c6sc7ccccc7c6ccc54)nc4ccccc34)cc2)cc1.c1ccc(-c2cccc(-c3nc(-n4c5ccccc5c5cc6c(cc54)oc4ccccc46)nc4ccccc34)c2)cc1. The zero-order valence-corrected chi connectivity index (χ0v) is 72.5. The third-order valence-corrected chi connectivity index (χ3v) is 28.4. The first-order valence-electron chi connectivity index (χ1n) is 44.4. The molecule has 0 aliphatic heterocycles. The molecule has 0 aliphatic rings. The second-order valence-electron chi connectivity index (χ2n) is 33.4. The van der Waals surface area contributed by atoms with Crippen LogP contribution in [0, 0.1) is 0 Å². The molecule has 10 nitrogen and oxygen atoms in total. The van der Waals surface area contributed by atoms with Gasteiger partial charge in [-0.25, -0.2) is 29.9 Å². The van der Waals surface area contributed by atoms with Crippen molar-refractivity contribution in [2.75, 3.05) is 0 Å². The standard InChI is InChI=1S/C44H27N3S.C38H23N3O.C38H23N3S/c1-3-12-28(13-4-1)29-22-24-31(25-23-29)41-35-16-7-9-20-37(35)45-44(46-41)47-38-21-10-8-17-36(38)40-39(47)27-26-34-33-19-11-18-32(42(33)48-43(34)40)30-14-5-2-6-15-30;1-2-11-24(12-3-1)25-13-10-14-26(21-25)37-29-17-4-7-18-32(29)39-38(40-37)41-33-19-8-5-15-27(33)30-22-31-28-16-6-9-20-35(28)42-36(31)23-34(30)41;1-2-10-24(11-3-1)25-18-20-26(21-19-25)36-29-13-4-7-15-31(29)39-38(40-36)41-32-16-8-5-14-30(32)35-33(41)23-22-28-27-12-6-9-17-34(27)42-37(28)35/h1-27H;2*1-23H. The monoisotopic (exact) mass is 1720 g/mol. The van der Waals surface area contributed by atoms with Crippen LogP contribution in [0.3, 0.4) is 0 Å². The normalized spacial score (nSPS) is 11.8. The Morgan fingerprint density at radius 1 is 0.182 bits per heavy atom. The second kappa shape index (κ2) is 31.4. The highest BCUT2D eigenvalue weighted by Crippen LogP contribution is 2.49. The molecular weight excluding hydrogens is 1650 g/mol. The summed E-state index contributed by atoms with van der Waals surface area (Å²) in [6.07, 6.45) is 0. The van der Waals surface area contributed by atoms with Gasteiger partial charge in [-0.1, -0.05) is 364 Å². The lowest BCUT2D eigenvalue weighted by Gasteiger charge is -2.12. The van der Waals surface area contributed by atoms with Crippen molar-refractivity contribution in [1.29, 1.82) is 0 Å². The van der Waals surface area contributed by atoms with Crippen molar-refractivity contribution in [3.8, 4) is 96.1 Å². The number of benzene rings is 19. The molecule has 12 heteroatoms. The Balaban J connectivity index is 0.000000104. The van der Waals surface area contributed by atoms with E-state index in [1.165, 1.54) is 101 Å². The lowest BCUT2D eigenvalue weighted by molar-refractivity contribution is 0.669. The average molecular weight is 1720 g/mol. The van der Waals surface area contributed by atoms with Crippen molar-refractivity contribution in [2.24, 2.45) is 0 Å². The molecule has 0 spiro atoms. The molecule has 19 aromatic carbocycles. The summed E-state index contributed by atoms with van der Waals surface area (Å²) < 4.78 is 18.2. The van der Waals surface area contributed by atoms with Crippen LogP contribution in [0.4, 0.5) is 0 Å². The first-order valence-corrected chi connectivity index (χ1v) is 46.0. The van der Waals surface area contributed by atoms with Crippen molar-refractivity contribution >= 4 is 183 Å². The van der Waals surface area contributed by atoms with E-state index in [0.29, 0.717) is 17.8 Å². The zero-order valence-electron chi connectivity index (χ0n) is 70.9. The van der Waals surface area contributed by atoms with E-state index in [-0.39, 0.29) is 0 Å². The Labute approximate surface area is 764 Å². The first kappa shape index (κ1) is 76.1. The van der Waals surface area contributed by atoms with E-state index in [1.54, 1.807) is 0 Å². The van der Waals surface area contributed by atoms with Crippen LogP contribution < -0.4 is 0 Å². The molecular formula is C120H73N9OS2. The lowest BCUT2D eigenvalue weighted by atomic mass is 10.00. The number of hydrogen-bond donors (Lipinski definition) is 0. The fourth-order valence-corrected chi connectivity index (χ4v) is 22.4. The van der Waals surface area contributed by atoms with E-state index >= 15 is 0 Å². The minimum absolute atomic E-state index is 0.635. The number of hydrogen-bond acceptors (Lipinski definition) is 9. The van der Waals surface area contributed by atoms with E-state index in [4.69, 9.17) is 34.3 Å². The maximum absolute atomic E-state index is 6.31. The smallest absolute Gasteiger partial charge is 0.235 e. The summed E-state index contributed by atoms with van der Waals surface area (Å²) in [6, 6.07) is 156.